The number of amides is 1. The van der Waals surface area contributed by atoms with Crippen LogP contribution in [-0.2, 0) is 4.74 Å². The minimum atomic E-state index is -0.0941. The quantitative estimate of drug-likeness (QED) is 0.915. The van der Waals surface area contributed by atoms with Crippen LogP contribution in [0.3, 0.4) is 0 Å². The molecule has 1 aliphatic rings. The number of nitrogens with one attached hydrogen (secondary N) is 1. The van der Waals surface area contributed by atoms with Crippen molar-refractivity contribution in [2.45, 2.75) is 32.4 Å². The smallest absolute Gasteiger partial charge is 0.252 e. The third-order valence-corrected chi connectivity index (χ3v) is 4.88. The van der Waals surface area contributed by atoms with E-state index in [0.29, 0.717) is 11.3 Å². The minimum Gasteiger partial charge on any atom is -0.497 e. The molecule has 0 heterocycles. The minimum absolute atomic E-state index is 0.0459. The van der Waals surface area contributed by atoms with Gasteiger partial charge in [0.1, 0.15) is 5.75 Å². The summed E-state index contributed by atoms with van der Waals surface area (Å²) in [6, 6.07) is 5.49. The molecule has 5 heteroatoms. The van der Waals surface area contributed by atoms with Gasteiger partial charge < -0.3 is 14.8 Å². The topological polar surface area (TPSA) is 47.6 Å². The molecule has 1 amide bonds. The molecule has 0 aromatic heterocycles. The van der Waals surface area contributed by atoms with Crippen molar-refractivity contribution in [2.75, 3.05) is 14.2 Å². The Bertz CT molecular complexity index is 516. The van der Waals surface area contributed by atoms with Crippen molar-refractivity contribution in [1.29, 1.82) is 0 Å². The van der Waals surface area contributed by atoms with Crippen LogP contribution in [0.4, 0.5) is 0 Å². The van der Waals surface area contributed by atoms with Gasteiger partial charge in [0.25, 0.3) is 5.91 Å². The Morgan fingerprint density at radius 3 is 2.65 bits per heavy atom. The van der Waals surface area contributed by atoms with Crippen LogP contribution in [0.25, 0.3) is 0 Å². The first-order chi connectivity index (χ1) is 9.40. The van der Waals surface area contributed by atoms with Gasteiger partial charge in [-0.3, -0.25) is 4.79 Å². The molecule has 0 spiro atoms. The SMILES string of the molecule is COc1ccc(Br)c(C(=O)NC2CC(OC)C2(C)C)c1. The molecule has 1 N–H and O–H groups in total. The average molecular weight is 342 g/mol. The fraction of sp³-hybridized carbons (Fsp3) is 0.533. The predicted octanol–water partition coefficient (Wildman–Crippen LogP) is 3.00. The van der Waals surface area contributed by atoms with Crippen LogP contribution >= 0.6 is 15.9 Å². The van der Waals surface area contributed by atoms with E-state index < -0.39 is 0 Å². The van der Waals surface area contributed by atoms with Crippen LogP contribution in [0.5, 0.6) is 5.75 Å². The van der Waals surface area contributed by atoms with E-state index in [4.69, 9.17) is 9.47 Å². The number of hydrogen-bond donors (Lipinski definition) is 1. The lowest BCUT2D eigenvalue weighted by molar-refractivity contribution is -0.0942. The van der Waals surface area contributed by atoms with E-state index in [0.717, 1.165) is 10.9 Å². The van der Waals surface area contributed by atoms with Crippen molar-refractivity contribution < 1.29 is 14.3 Å². The zero-order chi connectivity index (χ0) is 14.9. The Balaban J connectivity index is 2.10. The van der Waals surface area contributed by atoms with E-state index >= 15 is 0 Å². The number of benzene rings is 1. The number of methoxy groups -OCH3 is 2. The Morgan fingerprint density at radius 1 is 1.40 bits per heavy atom. The summed E-state index contributed by atoms with van der Waals surface area (Å²) in [5, 5.41) is 3.07. The standard InChI is InChI=1S/C15H20BrNO3/c1-15(2)12(8-13(15)20-4)17-14(18)10-7-9(19-3)5-6-11(10)16/h5-7,12-13H,8H2,1-4H3,(H,17,18). The van der Waals surface area contributed by atoms with Crippen LogP contribution in [0.15, 0.2) is 22.7 Å². The summed E-state index contributed by atoms with van der Waals surface area (Å²) in [6.07, 6.45) is 1.04. The summed E-state index contributed by atoms with van der Waals surface area (Å²) in [5.41, 5.74) is 0.538. The molecular weight excluding hydrogens is 322 g/mol. The molecule has 1 aromatic rings. The number of hydrogen-bond acceptors (Lipinski definition) is 3. The molecule has 1 saturated carbocycles. The van der Waals surface area contributed by atoms with E-state index in [9.17, 15) is 4.79 Å². The van der Waals surface area contributed by atoms with Crippen LogP contribution in [0.1, 0.15) is 30.6 Å². The first-order valence-electron chi connectivity index (χ1n) is 6.57. The first kappa shape index (κ1) is 15.3. The Morgan fingerprint density at radius 2 is 2.10 bits per heavy atom. The molecule has 1 fully saturated rings. The lowest BCUT2D eigenvalue weighted by Gasteiger charge is -2.51. The van der Waals surface area contributed by atoms with Crippen molar-refractivity contribution in [3.63, 3.8) is 0 Å². The second-order valence-corrected chi connectivity index (χ2v) is 6.51. The lowest BCUT2D eigenvalue weighted by atomic mass is 9.64. The summed E-state index contributed by atoms with van der Waals surface area (Å²) >= 11 is 3.40. The van der Waals surface area contributed by atoms with Crippen molar-refractivity contribution in [3.8, 4) is 5.75 Å². The molecule has 1 aromatic carbocycles. The third kappa shape index (κ3) is 2.69. The van der Waals surface area contributed by atoms with Gasteiger partial charge in [-0.2, -0.15) is 0 Å². The van der Waals surface area contributed by atoms with Gasteiger partial charge >= 0.3 is 0 Å². The molecule has 2 rings (SSSR count). The highest BCUT2D eigenvalue weighted by molar-refractivity contribution is 9.10. The summed E-state index contributed by atoms with van der Waals surface area (Å²) in [6.45, 7) is 4.21. The fourth-order valence-corrected chi connectivity index (χ4v) is 3.00. The second kappa shape index (κ2) is 5.74. The summed E-state index contributed by atoms with van der Waals surface area (Å²) in [5.74, 6) is 0.574. The van der Waals surface area contributed by atoms with Gasteiger partial charge in [0.15, 0.2) is 0 Å². The summed E-state index contributed by atoms with van der Waals surface area (Å²) in [4.78, 5) is 12.4. The molecule has 2 atom stereocenters. The third-order valence-electron chi connectivity index (χ3n) is 4.19. The largest absolute Gasteiger partial charge is 0.497 e. The highest BCUT2D eigenvalue weighted by Crippen LogP contribution is 2.42. The monoisotopic (exact) mass is 341 g/mol. The van der Waals surface area contributed by atoms with Gasteiger partial charge in [0.2, 0.25) is 0 Å². The number of carbonyl (C=O) groups is 1. The molecule has 20 heavy (non-hydrogen) atoms. The van der Waals surface area contributed by atoms with Gasteiger partial charge in [0, 0.05) is 23.0 Å². The van der Waals surface area contributed by atoms with Gasteiger partial charge in [-0.25, -0.2) is 0 Å². The maximum atomic E-state index is 12.4. The zero-order valence-electron chi connectivity index (χ0n) is 12.2. The number of halogens is 1. The molecule has 4 nitrogen and oxygen atoms in total. The predicted molar refractivity (Wildman–Crippen MR) is 81.1 cm³/mol. The molecule has 0 radical (unpaired) electrons. The highest BCUT2D eigenvalue weighted by atomic mass is 79.9. The van der Waals surface area contributed by atoms with Crippen molar-refractivity contribution in [3.05, 3.63) is 28.2 Å². The first-order valence-corrected chi connectivity index (χ1v) is 7.36. The maximum absolute atomic E-state index is 12.4. The van der Waals surface area contributed by atoms with Gasteiger partial charge in [-0.1, -0.05) is 13.8 Å². The number of ether oxygens (including phenoxy) is 2. The highest BCUT2D eigenvalue weighted by Gasteiger charge is 2.49. The second-order valence-electron chi connectivity index (χ2n) is 5.65. The normalized spacial score (nSPS) is 23.9. The van der Waals surface area contributed by atoms with Crippen LogP contribution in [0.2, 0.25) is 0 Å². The zero-order valence-corrected chi connectivity index (χ0v) is 13.8. The summed E-state index contributed by atoms with van der Waals surface area (Å²) < 4.78 is 11.3. The fourth-order valence-electron chi connectivity index (χ4n) is 2.57. The maximum Gasteiger partial charge on any atom is 0.252 e. The van der Waals surface area contributed by atoms with Crippen LogP contribution in [-0.4, -0.2) is 32.3 Å². The molecule has 0 aliphatic heterocycles. The Kier molecular flexibility index (Phi) is 4.39. The van der Waals surface area contributed by atoms with Gasteiger partial charge in [0.05, 0.1) is 18.8 Å². The van der Waals surface area contributed by atoms with Crippen LogP contribution < -0.4 is 10.1 Å². The average Bonchev–Trinajstić information content (AvgIpc) is 2.43. The van der Waals surface area contributed by atoms with E-state index in [2.05, 4.69) is 35.1 Å². The van der Waals surface area contributed by atoms with Crippen molar-refractivity contribution >= 4 is 21.8 Å². The Labute approximate surface area is 128 Å². The van der Waals surface area contributed by atoms with E-state index in [1.165, 1.54) is 0 Å². The van der Waals surface area contributed by atoms with Crippen molar-refractivity contribution in [1.82, 2.24) is 5.32 Å². The van der Waals surface area contributed by atoms with Crippen molar-refractivity contribution in [2.24, 2.45) is 5.41 Å². The van der Waals surface area contributed by atoms with Crippen LogP contribution in [0, 0.1) is 5.41 Å². The molecule has 1 aliphatic carbocycles. The molecule has 110 valence electrons. The molecule has 2 unspecified atom stereocenters. The number of rotatable bonds is 4. The van der Waals surface area contributed by atoms with E-state index in [-0.39, 0.29) is 23.5 Å². The molecule has 0 bridgehead atoms. The molecular formula is C15H20BrNO3. The Hall–Kier alpha value is -1.07. The van der Waals surface area contributed by atoms with Gasteiger partial charge in [-0.15, -0.1) is 0 Å². The van der Waals surface area contributed by atoms with Gasteiger partial charge in [-0.05, 0) is 40.5 Å². The lowest BCUT2D eigenvalue weighted by Crippen LogP contribution is -2.61. The van der Waals surface area contributed by atoms with E-state index in [1.807, 2.05) is 12.1 Å². The number of carbonyl (C=O) groups excluding carboxylic acids is 1. The van der Waals surface area contributed by atoms with E-state index in [1.54, 1.807) is 20.3 Å². The summed E-state index contributed by atoms with van der Waals surface area (Å²) in [7, 11) is 3.30. The molecule has 0 saturated heterocycles.